The van der Waals surface area contributed by atoms with Gasteiger partial charge in [0, 0.05) is 9.77 Å². The molecule has 0 spiro atoms. The summed E-state index contributed by atoms with van der Waals surface area (Å²) < 4.78 is 0.164. The van der Waals surface area contributed by atoms with Gasteiger partial charge in [0.1, 0.15) is 0 Å². The van der Waals surface area contributed by atoms with Gasteiger partial charge in [-0.15, -0.1) is 0 Å². The maximum absolute atomic E-state index is 11.3. The van der Waals surface area contributed by atoms with E-state index in [9.17, 15) is 9.90 Å². The highest BCUT2D eigenvalue weighted by Crippen LogP contribution is 2.29. The summed E-state index contributed by atoms with van der Waals surface area (Å²) >= 11 is 7.68. The quantitative estimate of drug-likeness (QED) is 0.870. The van der Waals surface area contributed by atoms with E-state index in [1.807, 2.05) is 6.07 Å². The third kappa shape index (κ3) is 5.32. The van der Waals surface area contributed by atoms with E-state index in [0.717, 1.165) is 11.3 Å². The summed E-state index contributed by atoms with van der Waals surface area (Å²) in [7, 11) is 0. The Labute approximate surface area is 118 Å². The summed E-state index contributed by atoms with van der Waals surface area (Å²) in [4.78, 5) is 11.3. The fourth-order valence-electron chi connectivity index (χ4n) is 1.64. The van der Waals surface area contributed by atoms with Crippen molar-refractivity contribution in [2.75, 3.05) is 5.75 Å². The minimum absolute atomic E-state index is 0.164. The average molecular weight is 287 g/mol. The van der Waals surface area contributed by atoms with Crippen LogP contribution in [0.15, 0.2) is 24.3 Å². The molecule has 4 heteroatoms. The molecule has 0 aliphatic carbocycles. The van der Waals surface area contributed by atoms with Crippen molar-refractivity contribution >= 4 is 29.3 Å². The topological polar surface area (TPSA) is 37.3 Å². The van der Waals surface area contributed by atoms with Gasteiger partial charge in [0.25, 0.3) is 0 Å². The third-order valence-electron chi connectivity index (χ3n) is 2.49. The molecule has 1 aromatic carbocycles. The van der Waals surface area contributed by atoms with Crippen molar-refractivity contribution in [1.82, 2.24) is 0 Å². The highest BCUT2D eigenvalue weighted by atomic mass is 35.5. The van der Waals surface area contributed by atoms with Crippen LogP contribution in [0, 0.1) is 0 Å². The van der Waals surface area contributed by atoms with Gasteiger partial charge in [-0.05, 0) is 29.9 Å². The van der Waals surface area contributed by atoms with Crippen LogP contribution in [0.1, 0.15) is 38.7 Å². The molecule has 0 amide bonds. The lowest BCUT2D eigenvalue weighted by atomic mass is 9.97. The fraction of sp³-hybridized carbons (Fsp3) is 0.500. The molecule has 0 heterocycles. The summed E-state index contributed by atoms with van der Waals surface area (Å²) in [5, 5.41) is 9.88. The van der Waals surface area contributed by atoms with Crippen molar-refractivity contribution in [3.63, 3.8) is 0 Å². The van der Waals surface area contributed by atoms with Gasteiger partial charge in [0.05, 0.1) is 5.92 Å². The lowest BCUT2D eigenvalue weighted by molar-refractivity contribution is -0.138. The molecular formula is C14H19ClO2S. The van der Waals surface area contributed by atoms with Crippen molar-refractivity contribution in [2.45, 2.75) is 37.9 Å². The van der Waals surface area contributed by atoms with E-state index >= 15 is 0 Å². The normalized spacial score (nSPS) is 13.3. The van der Waals surface area contributed by atoms with E-state index in [1.165, 1.54) is 0 Å². The number of benzene rings is 1. The van der Waals surface area contributed by atoms with Gasteiger partial charge in [-0.25, -0.2) is 0 Å². The van der Waals surface area contributed by atoms with Crippen LogP contribution in [0.25, 0.3) is 0 Å². The first-order valence-electron chi connectivity index (χ1n) is 5.92. The first-order chi connectivity index (χ1) is 8.29. The Morgan fingerprint density at radius 2 is 2.11 bits per heavy atom. The molecule has 0 fully saturated rings. The minimum Gasteiger partial charge on any atom is -0.481 e. The smallest absolute Gasteiger partial charge is 0.311 e. The Bertz CT molecular complexity index is 413. The van der Waals surface area contributed by atoms with Crippen molar-refractivity contribution in [3.05, 3.63) is 34.9 Å². The molecule has 0 radical (unpaired) electrons. The first-order valence-corrected chi connectivity index (χ1v) is 7.28. The van der Waals surface area contributed by atoms with Crippen LogP contribution >= 0.6 is 23.4 Å². The van der Waals surface area contributed by atoms with E-state index in [-0.39, 0.29) is 4.75 Å². The zero-order chi connectivity index (χ0) is 13.8. The van der Waals surface area contributed by atoms with Crippen LogP contribution in [-0.2, 0) is 4.79 Å². The van der Waals surface area contributed by atoms with Gasteiger partial charge in [0.2, 0.25) is 0 Å². The van der Waals surface area contributed by atoms with Gasteiger partial charge >= 0.3 is 5.97 Å². The maximum atomic E-state index is 11.3. The van der Waals surface area contributed by atoms with Crippen LogP contribution in [0.5, 0.6) is 0 Å². The van der Waals surface area contributed by atoms with E-state index in [1.54, 1.807) is 30.0 Å². The molecule has 1 N–H and O–H groups in total. The number of hydrogen-bond donors (Lipinski definition) is 1. The van der Waals surface area contributed by atoms with E-state index in [4.69, 9.17) is 11.6 Å². The Balaban J connectivity index is 2.69. The molecule has 0 aliphatic rings. The van der Waals surface area contributed by atoms with Gasteiger partial charge in [-0.1, -0.05) is 44.5 Å². The molecule has 18 heavy (non-hydrogen) atoms. The monoisotopic (exact) mass is 286 g/mol. The number of carboxylic acids is 1. The van der Waals surface area contributed by atoms with Gasteiger partial charge in [0.15, 0.2) is 0 Å². The average Bonchev–Trinajstić information content (AvgIpc) is 2.22. The number of carbonyl (C=O) groups is 1. The molecule has 1 atom stereocenters. The molecule has 0 saturated carbocycles. The summed E-state index contributed by atoms with van der Waals surface area (Å²) in [5.41, 5.74) is 0.782. The van der Waals surface area contributed by atoms with Gasteiger partial charge in [-0.2, -0.15) is 11.8 Å². The van der Waals surface area contributed by atoms with Crippen molar-refractivity contribution in [1.29, 1.82) is 0 Å². The Morgan fingerprint density at radius 1 is 1.44 bits per heavy atom. The second-order valence-corrected chi connectivity index (χ2v) is 7.55. The Morgan fingerprint density at radius 3 is 2.61 bits per heavy atom. The molecule has 1 aromatic rings. The SMILES string of the molecule is CC(C)(C)SCCC(C(=O)O)c1cccc(Cl)c1. The summed E-state index contributed by atoms with van der Waals surface area (Å²) in [6.45, 7) is 6.40. The highest BCUT2D eigenvalue weighted by molar-refractivity contribution is 8.00. The number of hydrogen-bond acceptors (Lipinski definition) is 2. The predicted octanol–water partition coefficient (Wildman–Crippen LogP) is 4.43. The second-order valence-electron chi connectivity index (χ2n) is 5.20. The van der Waals surface area contributed by atoms with E-state index in [0.29, 0.717) is 11.4 Å². The van der Waals surface area contributed by atoms with E-state index in [2.05, 4.69) is 20.8 Å². The Hall–Kier alpha value is -0.670. The zero-order valence-corrected chi connectivity index (χ0v) is 12.5. The number of aliphatic carboxylic acids is 1. The van der Waals surface area contributed by atoms with Crippen LogP contribution < -0.4 is 0 Å². The van der Waals surface area contributed by atoms with Crippen LogP contribution in [-0.4, -0.2) is 21.6 Å². The number of thioether (sulfide) groups is 1. The summed E-state index contributed by atoms with van der Waals surface area (Å²) in [5.74, 6) is -0.433. The molecule has 100 valence electrons. The standard InChI is InChI=1S/C14H19ClO2S/c1-14(2,3)18-8-7-12(13(16)17)10-5-4-6-11(15)9-10/h4-6,9,12H,7-8H2,1-3H3,(H,16,17). The minimum atomic E-state index is -0.785. The molecule has 0 aromatic heterocycles. The lowest BCUT2D eigenvalue weighted by Gasteiger charge is -2.19. The number of rotatable bonds is 5. The summed E-state index contributed by atoms with van der Waals surface area (Å²) in [6, 6.07) is 7.12. The molecule has 2 nitrogen and oxygen atoms in total. The molecular weight excluding hydrogens is 268 g/mol. The van der Waals surface area contributed by atoms with Crippen molar-refractivity contribution in [2.24, 2.45) is 0 Å². The number of halogens is 1. The highest BCUT2D eigenvalue weighted by Gasteiger charge is 2.21. The largest absolute Gasteiger partial charge is 0.481 e. The summed E-state index contributed by atoms with van der Waals surface area (Å²) in [6.07, 6.45) is 0.623. The molecule has 0 bridgehead atoms. The predicted molar refractivity (Wildman–Crippen MR) is 78.7 cm³/mol. The molecule has 1 rings (SSSR count). The van der Waals surface area contributed by atoms with Gasteiger partial charge in [-0.3, -0.25) is 4.79 Å². The maximum Gasteiger partial charge on any atom is 0.311 e. The zero-order valence-electron chi connectivity index (χ0n) is 10.9. The van der Waals surface area contributed by atoms with Crippen LogP contribution in [0.4, 0.5) is 0 Å². The molecule has 0 aliphatic heterocycles. The first kappa shape index (κ1) is 15.4. The van der Waals surface area contributed by atoms with Crippen LogP contribution in [0.2, 0.25) is 5.02 Å². The number of carboxylic acid groups (broad SMARTS) is 1. The van der Waals surface area contributed by atoms with E-state index < -0.39 is 11.9 Å². The fourth-order valence-corrected chi connectivity index (χ4v) is 2.80. The molecule has 1 unspecified atom stereocenters. The second kappa shape index (κ2) is 6.48. The van der Waals surface area contributed by atoms with Gasteiger partial charge < -0.3 is 5.11 Å². The van der Waals surface area contributed by atoms with Crippen LogP contribution in [0.3, 0.4) is 0 Å². The molecule has 0 saturated heterocycles. The Kier molecular flexibility index (Phi) is 5.54. The third-order valence-corrected chi connectivity index (χ3v) is 4.03. The van der Waals surface area contributed by atoms with Crippen molar-refractivity contribution < 1.29 is 9.90 Å². The lowest BCUT2D eigenvalue weighted by Crippen LogP contribution is -2.15. The van der Waals surface area contributed by atoms with Crippen molar-refractivity contribution in [3.8, 4) is 0 Å².